The van der Waals surface area contributed by atoms with E-state index in [2.05, 4.69) is 0 Å². The summed E-state index contributed by atoms with van der Waals surface area (Å²) in [5.41, 5.74) is 2.77. The highest BCUT2D eigenvalue weighted by molar-refractivity contribution is 5.99. The molecule has 0 spiro atoms. The van der Waals surface area contributed by atoms with Crippen molar-refractivity contribution in [2.24, 2.45) is 23.7 Å². The van der Waals surface area contributed by atoms with Gasteiger partial charge in [0.15, 0.2) is 0 Å². The van der Waals surface area contributed by atoms with Crippen molar-refractivity contribution in [3.8, 4) is 46.0 Å². The highest BCUT2D eigenvalue weighted by atomic mass is 16.5. The molecule has 1 fully saturated rings. The maximum Gasteiger partial charge on any atom is 0.308 e. The Morgan fingerprint density at radius 1 is 0.292 bits per heavy atom. The molecule has 12 heteroatoms. The zero-order valence-corrected chi connectivity index (χ0v) is 39.0. The summed E-state index contributed by atoms with van der Waals surface area (Å²) in [4.78, 5) is 59.9. The van der Waals surface area contributed by atoms with Gasteiger partial charge < -0.3 is 39.0 Å². The number of rotatable bonds is 20. The number of aliphatic carboxylic acids is 2. The van der Waals surface area contributed by atoms with E-state index in [-0.39, 0.29) is 26.2 Å². The second-order valence-electron chi connectivity index (χ2n) is 17.4. The van der Waals surface area contributed by atoms with E-state index in [0.717, 1.165) is 0 Å². The minimum Gasteiger partial charge on any atom is -0.481 e. The van der Waals surface area contributed by atoms with E-state index < -0.39 is 47.4 Å². The lowest BCUT2D eigenvalue weighted by molar-refractivity contribution is -0.188. The van der Waals surface area contributed by atoms with Gasteiger partial charge >= 0.3 is 11.9 Å². The molecule has 0 bridgehead atoms. The van der Waals surface area contributed by atoms with Gasteiger partial charge in [0.05, 0.1) is 23.7 Å². The number of hydrogen-bond acceptors (Lipinski definition) is 8. The first-order valence-electron chi connectivity index (χ1n) is 23.4. The number of carbonyl (C=O) groups excluding carboxylic acids is 2. The van der Waals surface area contributed by atoms with Crippen LogP contribution in [0.2, 0.25) is 0 Å². The second kappa shape index (κ2) is 22.5. The molecular formula is C60H50N2O10. The first-order valence-corrected chi connectivity index (χ1v) is 23.4. The molecule has 0 aliphatic heterocycles. The number of para-hydroxylation sites is 4. The smallest absolute Gasteiger partial charge is 0.308 e. The van der Waals surface area contributed by atoms with E-state index in [4.69, 9.17) is 18.9 Å². The van der Waals surface area contributed by atoms with Crippen molar-refractivity contribution in [2.45, 2.75) is 26.2 Å². The molecule has 0 aromatic heterocycles. The molecular weight excluding hydrogens is 909 g/mol. The number of carboxylic acid groups (broad SMARTS) is 2. The Hall–Kier alpha value is -9.16. The minimum absolute atomic E-state index is 0.00667. The fraction of sp³-hybridized carbons (Fsp3) is 0.133. The Kier molecular flexibility index (Phi) is 15.0. The predicted molar refractivity (Wildman–Crippen MR) is 270 cm³/mol. The summed E-state index contributed by atoms with van der Waals surface area (Å²) >= 11 is 0. The molecule has 1 aliphatic carbocycles. The van der Waals surface area contributed by atoms with E-state index in [1.54, 1.807) is 48.5 Å². The van der Waals surface area contributed by atoms with Gasteiger partial charge in [0.2, 0.25) is 11.8 Å². The van der Waals surface area contributed by atoms with Crippen LogP contribution in [0.5, 0.6) is 46.0 Å². The molecule has 1 aliphatic rings. The number of carbonyl (C=O) groups is 4. The summed E-state index contributed by atoms with van der Waals surface area (Å²) < 4.78 is 24.1. The molecule has 8 aromatic rings. The van der Waals surface area contributed by atoms with Crippen LogP contribution in [0.1, 0.15) is 22.3 Å². The number of carboxylic acids is 2. The van der Waals surface area contributed by atoms with E-state index in [9.17, 15) is 19.8 Å². The molecule has 360 valence electrons. The summed E-state index contributed by atoms with van der Waals surface area (Å²) in [5.74, 6) is -5.90. The van der Waals surface area contributed by atoms with Crippen LogP contribution in [0.3, 0.4) is 0 Å². The standard InChI is InChI=1S/C60H50N2O10/c63-57(61(37-41-21-29-49(30-22-41)69-45-13-5-1-6-14-45)38-42-23-31-50(32-24-42)70-46-15-7-2-8-16-46)53-54(56(60(67)68)55(53)59(65)66)58(64)62(39-43-25-33-51(34-26-43)71-47-17-9-3-10-18-47)40-44-27-35-52(36-28-44)72-48-19-11-4-12-20-48/h1-36,53-56H,37-40H2,(H,65,66)(H,67,68)/t53-,54-,55-,56-/m0/s1. The quantitative estimate of drug-likeness (QED) is 0.0755. The summed E-state index contributed by atoms with van der Waals surface area (Å²) in [7, 11) is 0. The van der Waals surface area contributed by atoms with Crippen molar-refractivity contribution in [3.63, 3.8) is 0 Å². The number of amides is 2. The average molecular weight is 959 g/mol. The van der Waals surface area contributed by atoms with E-state index >= 15 is 9.59 Å². The molecule has 72 heavy (non-hydrogen) atoms. The predicted octanol–water partition coefficient (Wildman–Crippen LogP) is 12.3. The normalized spacial score (nSPS) is 15.8. The maximum absolute atomic E-state index is 15.3. The molecule has 1 saturated carbocycles. The van der Waals surface area contributed by atoms with Gasteiger partial charge in [0.25, 0.3) is 0 Å². The van der Waals surface area contributed by atoms with Crippen molar-refractivity contribution in [2.75, 3.05) is 0 Å². The van der Waals surface area contributed by atoms with Gasteiger partial charge in [-0.15, -0.1) is 0 Å². The Balaban J connectivity index is 1.02. The zero-order valence-electron chi connectivity index (χ0n) is 39.0. The van der Waals surface area contributed by atoms with E-state index in [0.29, 0.717) is 68.2 Å². The van der Waals surface area contributed by atoms with Crippen LogP contribution in [0.15, 0.2) is 218 Å². The Morgan fingerprint density at radius 2 is 0.486 bits per heavy atom. The maximum atomic E-state index is 15.3. The molecule has 4 atom stereocenters. The molecule has 2 N–H and O–H groups in total. The third kappa shape index (κ3) is 12.0. The number of ether oxygens (including phenoxy) is 4. The van der Waals surface area contributed by atoms with Gasteiger partial charge in [-0.2, -0.15) is 0 Å². The molecule has 9 rings (SSSR count). The van der Waals surface area contributed by atoms with Crippen molar-refractivity contribution in [1.29, 1.82) is 0 Å². The molecule has 0 unspecified atom stereocenters. The van der Waals surface area contributed by atoms with E-state index in [1.165, 1.54) is 9.80 Å². The highest BCUT2D eigenvalue weighted by Crippen LogP contribution is 2.49. The summed E-state index contributed by atoms with van der Waals surface area (Å²) in [6, 6.07) is 65.8. The fourth-order valence-electron chi connectivity index (χ4n) is 8.85. The SMILES string of the molecule is O=C(O)[C@@H]1[C@@H](C(=O)O)[C@@H](C(=O)N(Cc2ccc(Oc3ccccc3)cc2)Cc2ccc(Oc3ccccc3)cc2)[C@@H]1C(=O)N(Cc1ccc(Oc2ccccc2)cc1)Cc1ccc(Oc2ccccc2)cc1. The van der Waals surface area contributed by atoms with Crippen molar-refractivity contribution < 1.29 is 48.3 Å². The van der Waals surface area contributed by atoms with Crippen molar-refractivity contribution >= 4 is 23.8 Å². The lowest BCUT2D eigenvalue weighted by Crippen LogP contribution is -2.64. The summed E-state index contributed by atoms with van der Waals surface area (Å²) in [6.45, 7) is 0.0267. The van der Waals surface area contributed by atoms with Gasteiger partial charge in [-0.05, 0) is 119 Å². The van der Waals surface area contributed by atoms with Crippen LogP contribution in [-0.4, -0.2) is 43.8 Å². The van der Waals surface area contributed by atoms with Crippen LogP contribution in [-0.2, 0) is 45.4 Å². The Labute approximate surface area is 416 Å². The van der Waals surface area contributed by atoms with Gasteiger partial charge in [0, 0.05) is 26.2 Å². The first-order chi connectivity index (χ1) is 35.1. The highest BCUT2D eigenvalue weighted by Gasteiger charge is 2.65. The molecule has 8 aromatic carbocycles. The second-order valence-corrected chi connectivity index (χ2v) is 17.4. The third-order valence-corrected chi connectivity index (χ3v) is 12.4. The monoisotopic (exact) mass is 958 g/mol. The molecule has 2 amide bonds. The molecule has 12 nitrogen and oxygen atoms in total. The number of nitrogens with zero attached hydrogens (tertiary/aromatic N) is 2. The summed E-state index contributed by atoms with van der Waals surface area (Å²) in [5, 5.41) is 21.4. The van der Waals surface area contributed by atoms with E-state index in [1.807, 2.05) is 170 Å². The van der Waals surface area contributed by atoms with Gasteiger partial charge in [-0.1, -0.05) is 121 Å². The van der Waals surface area contributed by atoms with Crippen molar-refractivity contribution in [1.82, 2.24) is 9.80 Å². The third-order valence-electron chi connectivity index (χ3n) is 12.4. The van der Waals surface area contributed by atoms with Gasteiger partial charge in [-0.3, -0.25) is 19.2 Å². The lowest BCUT2D eigenvalue weighted by atomic mass is 9.55. The molecule has 0 radical (unpaired) electrons. The van der Waals surface area contributed by atoms with Crippen LogP contribution in [0.4, 0.5) is 0 Å². The zero-order chi connectivity index (χ0) is 49.8. The van der Waals surface area contributed by atoms with Crippen LogP contribution < -0.4 is 18.9 Å². The average Bonchev–Trinajstić information content (AvgIpc) is 3.39. The summed E-state index contributed by atoms with van der Waals surface area (Å²) in [6.07, 6.45) is 0. The van der Waals surface area contributed by atoms with Crippen LogP contribution in [0.25, 0.3) is 0 Å². The fourth-order valence-corrected chi connectivity index (χ4v) is 8.85. The molecule has 0 heterocycles. The number of hydrogen-bond donors (Lipinski definition) is 2. The Bertz CT molecular complexity index is 2680. The molecule has 0 saturated heterocycles. The topological polar surface area (TPSA) is 152 Å². The van der Waals surface area contributed by atoms with Crippen LogP contribution in [0, 0.1) is 23.7 Å². The van der Waals surface area contributed by atoms with Gasteiger partial charge in [0.1, 0.15) is 46.0 Å². The lowest BCUT2D eigenvalue weighted by Gasteiger charge is -2.48. The van der Waals surface area contributed by atoms with Gasteiger partial charge in [-0.25, -0.2) is 0 Å². The number of benzene rings is 8. The van der Waals surface area contributed by atoms with Crippen LogP contribution >= 0.6 is 0 Å². The minimum atomic E-state index is -1.69. The largest absolute Gasteiger partial charge is 0.481 e. The first kappa shape index (κ1) is 47.9. The Morgan fingerprint density at radius 3 is 0.681 bits per heavy atom. The van der Waals surface area contributed by atoms with Crippen molar-refractivity contribution in [3.05, 3.63) is 241 Å².